The van der Waals surface area contributed by atoms with Crippen molar-refractivity contribution in [2.75, 3.05) is 19.7 Å². The normalized spacial score (nSPS) is 15.7. The van der Waals surface area contributed by atoms with Gasteiger partial charge in [-0.2, -0.15) is 0 Å². The number of amides is 1. The molecule has 0 bridgehead atoms. The minimum Gasteiger partial charge on any atom is -0.460 e. The van der Waals surface area contributed by atoms with Crippen LogP contribution in [-0.4, -0.2) is 42.6 Å². The minimum absolute atomic E-state index is 0.0164. The van der Waals surface area contributed by atoms with Gasteiger partial charge in [0, 0.05) is 19.2 Å². The Labute approximate surface area is 98.9 Å². The fourth-order valence-corrected chi connectivity index (χ4v) is 1.44. The third-order valence-corrected chi connectivity index (χ3v) is 2.28. The van der Waals surface area contributed by atoms with Crippen LogP contribution < -0.4 is 0 Å². The van der Waals surface area contributed by atoms with Gasteiger partial charge >= 0.3 is 5.97 Å². The molecular weight excluding hydrogens is 224 g/mol. The van der Waals surface area contributed by atoms with Crippen molar-refractivity contribution in [1.29, 1.82) is 0 Å². The highest BCUT2D eigenvalue weighted by Crippen LogP contribution is 2.12. The first-order chi connectivity index (χ1) is 8.15. The standard InChI is InChI=1S/C11H14N2O4/c1-9(7-13-5-2-3-10(13)15)11(16)17-6-4-12-8-14/h7H,2-6H2,1H3. The molecule has 0 aromatic carbocycles. The van der Waals surface area contributed by atoms with E-state index in [4.69, 9.17) is 4.74 Å². The molecule has 0 saturated carbocycles. The average Bonchev–Trinajstić information content (AvgIpc) is 2.70. The summed E-state index contributed by atoms with van der Waals surface area (Å²) in [5, 5.41) is 0. The number of aliphatic imine (C=N–C) groups is 1. The average molecular weight is 238 g/mol. The topological polar surface area (TPSA) is 76.0 Å². The first-order valence-corrected chi connectivity index (χ1v) is 5.34. The maximum absolute atomic E-state index is 11.4. The number of carbonyl (C=O) groups is 2. The smallest absolute Gasteiger partial charge is 0.335 e. The summed E-state index contributed by atoms with van der Waals surface area (Å²) in [6.07, 6.45) is 4.18. The van der Waals surface area contributed by atoms with E-state index >= 15 is 0 Å². The van der Waals surface area contributed by atoms with E-state index in [0.29, 0.717) is 18.5 Å². The van der Waals surface area contributed by atoms with E-state index in [9.17, 15) is 14.4 Å². The highest BCUT2D eigenvalue weighted by Gasteiger charge is 2.19. The number of carbonyl (C=O) groups excluding carboxylic acids is 3. The summed E-state index contributed by atoms with van der Waals surface area (Å²) in [5.41, 5.74) is 0.357. The van der Waals surface area contributed by atoms with E-state index in [1.165, 1.54) is 17.2 Å². The Morgan fingerprint density at radius 1 is 1.65 bits per heavy atom. The van der Waals surface area contributed by atoms with Gasteiger partial charge in [-0.15, -0.1) is 0 Å². The Balaban J connectivity index is 2.42. The van der Waals surface area contributed by atoms with Crippen LogP contribution in [0.1, 0.15) is 19.8 Å². The predicted molar refractivity (Wildman–Crippen MR) is 58.7 cm³/mol. The second-order valence-corrected chi connectivity index (χ2v) is 3.61. The zero-order chi connectivity index (χ0) is 12.7. The van der Waals surface area contributed by atoms with Crippen LogP contribution >= 0.6 is 0 Å². The van der Waals surface area contributed by atoms with E-state index in [1.807, 2.05) is 0 Å². The molecule has 0 N–H and O–H groups in total. The Hall–Kier alpha value is -1.94. The lowest BCUT2D eigenvalue weighted by Crippen LogP contribution is -2.20. The largest absolute Gasteiger partial charge is 0.460 e. The van der Waals surface area contributed by atoms with Crippen molar-refractivity contribution in [2.45, 2.75) is 19.8 Å². The Bertz CT molecular complexity index is 383. The van der Waals surface area contributed by atoms with Gasteiger partial charge in [0.15, 0.2) is 0 Å². The summed E-state index contributed by atoms with van der Waals surface area (Å²) in [7, 11) is 0. The second-order valence-electron chi connectivity index (χ2n) is 3.61. The molecule has 0 aliphatic carbocycles. The molecule has 1 saturated heterocycles. The van der Waals surface area contributed by atoms with Crippen LogP contribution in [0.2, 0.25) is 0 Å². The summed E-state index contributed by atoms with van der Waals surface area (Å²) in [6, 6.07) is 0. The maximum atomic E-state index is 11.4. The van der Waals surface area contributed by atoms with Crippen LogP contribution in [0.25, 0.3) is 0 Å². The van der Waals surface area contributed by atoms with E-state index < -0.39 is 5.97 Å². The van der Waals surface area contributed by atoms with Gasteiger partial charge in [0.25, 0.3) is 0 Å². The van der Waals surface area contributed by atoms with Crippen molar-refractivity contribution >= 4 is 18.0 Å². The van der Waals surface area contributed by atoms with Crippen molar-refractivity contribution in [1.82, 2.24) is 4.90 Å². The second kappa shape index (κ2) is 6.60. The highest BCUT2D eigenvalue weighted by molar-refractivity contribution is 5.89. The number of nitrogens with zero attached hydrogens (tertiary/aromatic N) is 2. The van der Waals surface area contributed by atoms with Gasteiger partial charge < -0.3 is 9.64 Å². The number of isocyanates is 1. The van der Waals surface area contributed by atoms with Crippen molar-refractivity contribution < 1.29 is 19.1 Å². The van der Waals surface area contributed by atoms with E-state index in [2.05, 4.69) is 4.99 Å². The molecular formula is C11H14N2O4. The molecule has 6 heteroatoms. The lowest BCUT2D eigenvalue weighted by molar-refractivity contribution is -0.138. The molecule has 0 spiro atoms. The molecule has 1 heterocycles. The van der Waals surface area contributed by atoms with Crippen LogP contribution in [0.4, 0.5) is 0 Å². The van der Waals surface area contributed by atoms with Gasteiger partial charge in [-0.1, -0.05) is 0 Å². The van der Waals surface area contributed by atoms with Gasteiger partial charge in [-0.25, -0.2) is 14.6 Å². The molecule has 6 nitrogen and oxygen atoms in total. The van der Waals surface area contributed by atoms with E-state index in [1.54, 1.807) is 6.92 Å². The number of hydrogen-bond donors (Lipinski definition) is 0. The summed E-state index contributed by atoms with van der Waals surface area (Å²) < 4.78 is 4.83. The van der Waals surface area contributed by atoms with Gasteiger partial charge in [0.05, 0.1) is 12.1 Å². The van der Waals surface area contributed by atoms with E-state index in [0.717, 1.165) is 6.42 Å². The number of hydrogen-bond acceptors (Lipinski definition) is 5. The summed E-state index contributed by atoms with van der Waals surface area (Å²) in [6.45, 7) is 2.36. The Kier molecular flexibility index (Phi) is 5.10. The van der Waals surface area contributed by atoms with E-state index in [-0.39, 0.29) is 19.1 Å². The maximum Gasteiger partial charge on any atom is 0.335 e. The third kappa shape index (κ3) is 4.20. The first-order valence-electron chi connectivity index (χ1n) is 5.34. The fraction of sp³-hybridized carbons (Fsp3) is 0.545. The SMILES string of the molecule is CC(=CN1CCCC1=O)C(=O)OCCN=C=O. The molecule has 0 aromatic rings. The molecule has 1 amide bonds. The molecule has 0 unspecified atom stereocenters. The predicted octanol–water partition coefficient (Wildman–Crippen LogP) is 0.392. The van der Waals surface area contributed by atoms with Gasteiger partial charge in [-0.3, -0.25) is 4.79 Å². The number of esters is 1. The number of rotatable bonds is 5. The van der Waals surface area contributed by atoms with Crippen molar-refractivity contribution in [3.05, 3.63) is 11.8 Å². The van der Waals surface area contributed by atoms with Gasteiger partial charge in [0.1, 0.15) is 6.61 Å². The number of likely N-dealkylation sites (tertiary alicyclic amines) is 1. The quantitative estimate of drug-likeness (QED) is 0.228. The zero-order valence-electron chi connectivity index (χ0n) is 9.64. The molecule has 1 aliphatic heterocycles. The number of ether oxygens (including phenoxy) is 1. The monoisotopic (exact) mass is 238 g/mol. The Morgan fingerprint density at radius 3 is 3.00 bits per heavy atom. The Morgan fingerprint density at radius 2 is 2.41 bits per heavy atom. The first kappa shape index (κ1) is 13.1. The molecule has 0 radical (unpaired) electrons. The lowest BCUT2D eigenvalue weighted by Gasteiger charge is -2.10. The molecule has 0 atom stereocenters. The molecule has 1 fully saturated rings. The molecule has 1 aliphatic rings. The van der Waals surface area contributed by atoms with Gasteiger partial charge in [-0.05, 0) is 13.3 Å². The lowest BCUT2D eigenvalue weighted by atomic mass is 10.3. The summed E-state index contributed by atoms with van der Waals surface area (Å²) in [5.74, 6) is -0.492. The summed E-state index contributed by atoms with van der Waals surface area (Å²) >= 11 is 0. The van der Waals surface area contributed by atoms with Crippen LogP contribution in [0.5, 0.6) is 0 Å². The highest BCUT2D eigenvalue weighted by atomic mass is 16.5. The molecule has 17 heavy (non-hydrogen) atoms. The minimum atomic E-state index is -0.509. The van der Waals surface area contributed by atoms with Crippen molar-refractivity contribution in [3.8, 4) is 0 Å². The van der Waals surface area contributed by atoms with Gasteiger partial charge in [0.2, 0.25) is 12.0 Å². The van der Waals surface area contributed by atoms with Crippen LogP contribution in [0.15, 0.2) is 16.8 Å². The fourth-order valence-electron chi connectivity index (χ4n) is 1.44. The zero-order valence-corrected chi connectivity index (χ0v) is 9.64. The van der Waals surface area contributed by atoms with Crippen molar-refractivity contribution in [2.24, 2.45) is 4.99 Å². The van der Waals surface area contributed by atoms with Crippen molar-refractivity contribution in [3.63, 3.8) is 0 Å². The van der Waals surface area contributed by atoms with Crippen LogP contribution in [-0.2, 0) is 19.1 Å². The third-order valence-electron chi connectivity index (χ3n) is 2.28. The van der Waals surface area contributed by atoms with Crippen LogP contribution in [0.3, 0.4) is 0 Å². The molecule has 0 aromatic heterocycles. The van der Waals surface area contributed by atoms with Crippen LogP contribution in [0, 0.1) is 0 Å². The summed E-state index contributed by atoms with van der Waals surface area (Å²) in [4.78, 5) is 37.3. The molecule has 92 valence electrons. The molecule has 1 rings (SSSR count).